The van der Waals surface area contributed by atoms with Crippen molar-refractivity contribution in [1.29, 1.82) is 0 Å². The Morgan fingerprint density at radius 2 is 2.00 bits per heavy atom. The minimum Gasteiger partial charge on any atom is -0.379 e. The zero-order chi connectivity index (χ0) is 16.5. The summed E-state index contributed by atoms with van der Waals surface area (Å²) < 4.78 is 0.990. The molecule has 1 saturated heterocycles. The quantitative estimate of drug-likeness (QED) is 0.651. The van der Waals surface area contributed by atoms with Gasteiger partial charge in [0.15, 0.2) is 0 Å². The second-order valence-electron chi connectivity index (χ2n) is 7.05. The van der Waals surface area contributed by atoms with Gasteiger partial charge >= 0.3 is 0 Å². The van der Waals surface area contributed by atoms with Crippen LogP contribution >= 0.6 is 15.9 Å². The summed E-state index contributed by atoms with van der Waals surface area (Å²) in [5.41, 5.74) is 3.68. The number of piperidine rings is 1. The third-order valence-corrected chi connectivity index (χ3v) is 6.13. The van der Waals surface area contributed by atoms with Crippen LogP contribution in [-0.4, -0.2) is 18.0 Å². The Balaban J connectivity index is 1.72. The molecule has 5 rings (SSSR count). The molecule has 3 N–H and O–H groups in total. The van der Waals surface area contributed by atoms with Gasteiger partial charge < -0.3 is 10.6 Å². The van der Waals surface area contributed by atoms with Crippen molar-refractivity contribution in [2.24, 2.45) is 0 Å². The molecule has 0 saturated carbocycles. The second-order valence-corrected chi connectivity index (χ2v) is 7.96. The van der Waals surface area contributed by atoms with Gasteiger partial charge in [0.25, 0.3) is 5.91 Å². The van der Waals surface area contributed by atoms with Gasteiger partial charge in [0.2, 0.25) is 0 Å². The van der Waals surface area contributed by atoms with Crippen molar-refractivity contribution in [2.75, 3.05) is 10.6 Å². The highest BCUT2D eigenvalue weighted by Gasteiger charge is 2.60. The normalized spacial score (nSPS) is 32.8. The van der Waals surface area contributed by atoms with Gasteiger partial charge in [-0.1, -0.05) is 34.1 Å². The summed E-state index contributed by atoms with van der Waals surface area (Å²) in [7, 11) is 0. The third-order valence-electron chi connectivity index (χ3n) is 5.63. The van der Waals surface area contributed by atoms with E-state index in [1.165, 1.54) is 5.56 Å². The standard InChI is InChI=1S/C19H18BrN3O/c1-10-8-13-12-4-2-3-5-15(12)21-17(13)19(23-10)14-9-11(20)6-7-16(14)22-18(19)24/h2-7,9-10,13,17,21,23H,8H2,1H3,(H,22,24)/t10-,13?,17?,19+/m0/s1. The van der Waals surface area contributed by atoms with E-state index in [1.807, 2.05) is 18.2 Å². The average Bonchev–Trinajstić information content (AvgIpc) is 3.06. The maximum absolute atomic E-state index is 13.1. The van der Waals surface area contributed by atoms with Gasteiger partial charge in [0, 0.05) is 33.4 Å². The molecule has 122 valence electrons. The van der Waals surface area contributed by atoms with E-state index in [0.29, 0.717) is 5.92 Å². The molecular weight excluding hydrogens is 366 g/mol. The lowest BCUT2D eigenvalue weighted by atomic mass is 9.71. The van der Waals surface area contributed by atoms with Gasteiger partial charge in [-0.2, -0.15) is 0 Å². The van der Waals surface area contributed by atoms with Crippen molar-refractivity contribution < 1.29 is 4.79 Å². The van der Waals surface area contributed by atoms with Gasteiger partial charge in [-0.05, 0) is 43.2 Å². The number of fused-ring (bicyclic) bond motifs is 6. The lowest BCUT2D eigenvalue weighted by Gasteiger charge is -2.45. The summed E-state index contributed by atoms with van der Waals surface area (Å²) in [6.45, 7) is 2.17. The van der Waals surface area contributed by atoms with Crippen LogP contribution in [0.25, 0.3) is 0 Å². The van der Waals surface area contributed by atoms with Gasteiger partial charge in [0.05, 0.1) is 6.04 Å². The summed E-state index contributed by atoms with van der Waals surface area (Å²) in [5.74, 6) is 0.366. The van der Waals surface area contributed by atoms with Gasteiger partial charge in [0.1, 0.15) is 5.54 Å². The Bertz CT molecular complexity index is 867. The van der Waals surface area contributed by atoms with Crippen molar-refractivity contribution in [3.8, 4) is 0 Å². The predicted molar refractivity (Wildman–Crippen MR) is 98.3 cm³/mol. The van der Waals surface area contributed by atoms with Crippen molar-refractivity contribution in [2.45, 2.75) is 36.9 Å². The van der Waals surface area contributed by atoms with E-state index in [2.05, 4.69) is 63.1 Å². The van der Waals surface area contributed by atoms with Gasteiger partial charge in [-0.25, -0.2) is 0 Å². The molecule has 24 heavy (non-hydrogen) atoms. The molecule has 0 radical (unpaired) electrons. The number of hydrogen-bond acceptors (Lipinski definition) is 3. The SMILES string of the molecule is C[C@H]1CC2c3ccccc3NC2[C@@]2(N1)C(=O)Nc1ccc(Br)cc12. The Hall–Kier alpha value is -1.85. The lowest BCUT2D eigenvalue weighted by molar-refractivity contribution is -0.124. The number of hydrogen-bond donors (Lipinski definition) is 3. The van der Waals surface area contributed by atoms with Crippen molar-refractivity contribution in [3.05, 3.63) is 58.1 Å². The van der Waals surface area contributed by atoms with Crippen LogP contribution in [0.1, 0.15) is 30.4 Å². The lowest BCUT2D eigenvalue weighted by Crippen LogP contribution is -2.65. The molecule has 0 bridgehead atoms. The van der Waals surface area contributed by atoms with E-state index in [9.17, 15) is 4.79 Å². The van der Waals surface area contributed by atoms with Crippen LogP contribution in [0.2, 0.25) is 0 Å². The van der Waals surface area contributed by atoms with Crippen molar-refractivity contribution >= 4 is 33.2 Å². The first-order valence-corrected chi connectivity index (χ1v) is 9.13. The first-order chi connectivity index (χ1) is 11.6. The number of benzene rings is 2. The minimum absolute atomic E-state index is 0.0154. The number of anilines is 2. The van der Waals surface area contributed by atoms with Crippen LogP contribution in [0, 0.1) is 0 Å². The van der Waals surface area contributed by atoms with E-state index in [1.54, 1.807) is 0 Å². The maximum Gasteiger partial charge on any atom is 0.251 e. The average molecular weight is 384 g/mol. The maximum atomic E-state index is 13.1. The van der Waals surface area contributed by atoms with E-state index < -0.39 is 5.54 Å². The number of halogens is 1. The summed E-state index contributed by atoms with van der Waals surface area (Å²) >= 11 is 3.56. The molecule has 4 nitrogen and oxygen atoms in total. The van der Waals surface area contributed by atoms with Crippen LogP contribution in [-0.2, 0) is 10.3 Å². The molecule has 2 unspecified atom stereocenters. The smallest absolute Gasteiger partial charge is 0.251 e. The highest BCUT2D eigenvalue weighted by molar-refractivity contribution is 9.10. The molecule has 0 aromatic heterocycles. The van der Waals surface area contributed by atoms with Crippen LogP contribution in [0.15, 0.2) is 46.9 Å². The largest absolute Gasteiger partial charge is 0.379 e. The molecule has 1 fully saturated rings. The number of para-hydroxylation sites is 1. The molecule has 2 aromatic rings. The molecule has 2 aromatic carbocycles. The highest BCUT2D eigenvalue weighted by Crippen LogP contribution is 2.52. The molecule has 5 heteroatoms. The van der Waals surface area contributed by atoms with Crippen molar-refractivity contribution in [1.82, 2.24) is 5.32 Å². The number of amides is 1. The number of carbonyl (C=O) groups is 1. The Morgan fingerprint density at radius 1 is 1.17 bits per heavy atom. The van der Waals surface area contributed by atoms with Crippen molar-refractivity contribution in [3.63, 3.8) is 0 Å². The third kappa shape index (κ3) is 1.74. The summed E-state index contributed by atoms with van der Waals surface area (Å²) in [5, 5.41) is 10.4. The molecule has 0 aliphatic carbocycles. The fourth-order valence-electron chi connectivity index (χ4n) is 4.74. The van der Waals surface area contributed by atoms with E-state index in [-0.39, 0.29) is 18.0 Å². The molecule has 1 spiro atoms. The zero-order valence-corrected chi connectivity index (χ0v) is 14.9. The Morgan fingerprint density at radius 3 is 2.88 bits per heavy atom. The van der Waals surface area contributed by atoms with E-state index in [0.717, 1.165) is 27.8 Å². The Labute approximate surface area is 149 Å². The molecular formula is C19H18BrN3O. The van der Waals surface area contributed by atoms with Gasteiger partial charge in [-0.15, -0.1) is 0 Å². The minimum atomic E-state index is -0.736. The summed E-state index contributed by atoms with van der Waals surface area (Å²) in [4.78, 5) is 13.1. The fourth-order valence-corrected chi connectivity index (χ4v) is 5.10. The van der Waals surface area contributed by atoms with Crippen LogP contribution in [0.4, 0.5) is 11.4 Å². The van der Waals surface area contributed by atoms with E-state index in [4.69, 9.17) is 0 Å². The topological polar surface area (TPSA) is 53.2 Å². The zero-order valence-electron chi connectivity index (χ0n) is 13.3. The van der Waals surface area contributed by atoms with E-state index >= 15 is 0 Å². The molecule has 3 heterocycles. The van der Waals surface area contributed by atoms with Crippen LogP contribution < -0.4 is 16.0 Å². The first kappa shape index (κ1) is 14.5. The van der Waals surface area contributed by atoms with Crippen LogP contribution in [0.5, 0.6) is 0 Å². The van der Waals surface area contributed by atoms with Gasteiger partial charge in [-0.3, -0.25) is 10.1 Å². The van der Waals surface area contributed by atoms with Crippen LogP contribution in [0.3, 0.4) is 0 Å². The fraction of sp³-hybridized carbons (Fsp3) is 0.316. The highest BCUT2D eigenvalue weighted by atomic mass is 79.9. The Kier molecular flexibility index (Phi) is 2.92. The monoisotopic (exact) mass is 383 g/mol. The number of carbonyl (C=O) groups excluding carboxylic acids is 1. The molecule has 1 amide bonds. The second kappa shape index (κ2) is 4.83. The summed E-state index contributed by atoms with van der Waals surface area (Å²) in [6, 6.07) is 14.7. The first-order valence-electron chi connectivity index (χ1n) is 8.34. The summed E-state index contributed by atoms with van der Waals surface area (Å²) in [6.07, 6.45) is 1.02. The predicted octanol–water partition coefficient (Wildman–Crippen LogP) is 3.56. The number of rotatable bonds is 0. The molecule has 3 aliphatic heterocycles. The number of nitrogens with one attached hydrogen (secondary N) is 3. The molecule has 4 atom stereocenters. The molecule has 3 aliphatic rings.